The SMILES string of the molecule is CCOC(=O)c1nc2c3c4c(sc3ncn2n1)COC(C)(C)C4. The van der Waals surface area contributed by atoms with Crippen LogP contribution in [0.3, 0.4) is 0 Å². The molecule has 1 aliphatic heterocycles. The van der Waals surface area contributed by atoms with E-state index in [0.29, 0.717) is 18.9 Å². The number of carbonyl (C=O) groups excluding carboxylic acids is 1. The molecule has 0 aromatic carbocycles. The van der Waals surface area contributed by atoms with E-state index in [-0.39, 0.29) is 11.4 Å². The van der Waals surface area contributed by atoms with Gasteiger partial charge in [-0.25, -0.2) is 19.3 Å². The van der Waals surface area contributed by atoms with E-state index >= 15 is 0 Å². The van der Waals surface area contributed by atoms with Crippen molar-refractivity contribution in [1.82, 2.24) is 19.6 Å². The summed E-state index contributed by atoms with van der Waals surface area (Å²) in [6.07, 6.45) is 2.37. The van der Waals surface area contributed by atoms with E-state index in [1.54, 1.807) is 29.1 Å². The lowest BCUT2D eigenvalue weighted by atomic mass is 9.94. The van der Waals surface area contributed by atoms with Crippen molar-refractivity contribution in [2.75, 3.05) is 6.61 Å². The Morgan fingerprint density at radius 1 is 1.52 bits per heavy atom. The maximum atomic E-state index is 11.9. The van der Waals surface area contributed by atoms with Crippen LogP contribution in [0.15, 0.2) is 6.33 Å². The third-order valence-corrected chi connectivity index (χ3v) is 4.98. The lowest BCUT2D eigenvalue weighted by Gasteiger charge is -2.30. The Hall–Kier alpha value is -2.06. The van der Waals surface area contributed by atoms with E-state index in [4.69, 9.17) is 9.47 Å². The fourth-order valence-electron chi connectivity index (χ4n) is 2.82. The molecule has 3 aromatic heterocycles. The van der Waals surface area contributed by atoms with Crippen LogP contribution in [0.25, 0.3) is 15.9 Å². The second-order valence-corrected chi connectivity index (χ2v) is 7.16. The Labute approximate surface area is 136 Å². The average molecular weight is 332 g/mol. The molecular formula is C15H16N4O3S. The first-order valence-corrected chi connectivity index (χ1v) is 8.27. The molecule has 4 heterocycles. The van der Waals surface area contributed by atoms with Crippen molar-refractivity contribution < 1.29 is 14.3 Å². The van der Waals surface area contributed by atoms with Crippen molar-refractivity contribution in [2.24, 2.45) is 0 Å². The van der Waals surface area contributed by atoms with Gasteiger partial charge in [-0.2, -0.15) is 0 Å². The number of ether oxygens (including phenoxy) is 2. The molecule has 0 atom stereocenters. The fourth-order valence-corrected chi connectivity index (χ4v) is 3.89. The third-order valence-electron chi connectivity index (χ3n) is 3.87. The highest BCUT2D eigenvalue weighted by Gasteiger charge is 2.31. The quantitative estimate of drug-likeness (QED) is 0.670. The molecule has 0 saturated carbocycles. The first kappa shape index (κ1) is 14.5. The second-order valence-electron chi connectivity index (χ2n) is 6.08. The maximum Gasteiger partial charge on any atom is 0.378 e. The molecule has 120 valence electrons. The van der Waals surface area contributed by atoms with Crippen LogP contribution in [0.5, 0.6) is 0 Å². The summed E-state index contributed by atoms with van der Waals surface area (Å²) in [6, 6.07) is 0. The molecule has 1 aliphatic rings. The number of thiophene rings is 1. The summed E-state index contributed by atoms with van der Waals surface area (Å²) in [5.74, 6) is -0.454. The normalized spacial score (nSPS) is 16.7. The van der Waals surface area contributed by atoms with Crippen LogP contribution in [-0.4, -0.2) is 37.8 Å². The molecule has 0 spiro atoms. The van der Waals surface area contributed by atoms with Crippen molar-refractivity contribution in [3.63, 3.8) is 0 Å². The first-order valence-electron chi connectivity index (χ1n) is 7.45. The van der Waals surface area contributed by atoms with Gasteiger partial charge in [0.1, 0.15) is 11.2 Å². The van der Waals surface area contributed by atoms with E-state index in [2.05, 4.69) is 28.9 Å². The predicted octanol–water partition coefficient (Wildman–Crippen LogP) is 2.37. The number of fused-ring (bicyclic) bond motifs is 5. The van der Waals surface area contributed by atoms with Crippen LogP contribution in [0.4, 0.5) is 0 Å². The van der Waals surface area contributed by atoms with Gasteiger partial charge in [0.05, 0.1) is 24.2 Å². The zero-order valence-electron chi connectivity index (χ0n) is 13.1. The maximum absolute atomic E-state index is 11.9. The average Bonchev–Trinajstić information content (AvgIpc) is 3.06. The van der Waals surface area contributed by atoms with E-state index in [1.165, 1.54) is 10.4 Å². The minimum Gasteiger partial charge on any atom is -0.460 e. The van der Waals surface area contributed by atoms with Crippen molar-refractivity contribution in [3.8, 4) is 0 Å². The molecule has 0 saturated heterocycles. The first-order chi connectivity index (χ1) is 11.0. The van der Waals surface area contributed by atoms with Gasteiger partial charge in [-0.1, -0.05) is 0 Å². The van der Waals surface area contributed by atoms with E-state index in [0.717, 1.165) is 16.6 Å². The third kappa shape index (κ3) is 2.29. The molecule has 23 heavy (non-hydrogen) atoms. The molecular weight excluding hydrogens is 316 g/mol. The van der Waals surface area contributed by atoms with Crippen LogP contribution < -0.4 is 0 Å². The van der Waals surface area contributed by atoms with Gasteiger partial charge in [0, 0.05) is 11.3 Å². The topological polar surface area (TPSA) is 78.6 Å². The molecule has 0 N–H and O–H groups in total. The van der Waals surface area contributed by atoms with Crippen LogP contribution in [0.2, 0.25) is 0 Å². The summed E-state index contributed by atoms with van der Waals surface area (Å²) in [6.45, 7) is 6.77. The number of carbonyl (C=O) groups is 1. The Morgan fingerprint density at radius 2 is 2.35 bits per heavy atom. The highest BCUT2D eigenvalue weighted by atomic mass is 32.1. The second kappa shape index (κ2) is 4.97. The number of aromatic nitrogens is 4. The molecule has 0 aliphatic carbocycles. The lowest BCUT2D eigenvalue weighted by Crippen LogP contribution is -2.31. The van der Waals surface area contributed by atoms with Gasteiger partial charge in [0.2, 0.25) is 0 Å². The molecule has 8 heteroatoms. The number of hydrogen-bond donors (Lipinski definition) is 0. The van der Waals surface area contributed by atoms with Crippen LogP contribution >= 0.6 is 11.3 Å². The summed E-state index contributed by atoms with van der Waals surface area (Å²) in [4.78, 5) is 22.8. The standard InChI is InChI=1S/C15H16N4O3S/c1-4-21-14(20)11-17-12-10-8-5-15(2,3)22-6-9(8)23-13(10)16-7-19(12)18-11/h7H,4-6H2,1-3H3. The zero-order chi connectivity index (χ0) is 16.2. The van der Waals surface area contributed by atoms with Gasteiger partial charge in [0.25, 0.3) is 5.82 Å². The predicted molar refractivity (Wildman–Crippen MR) is 84.7 cm³/mol. The molecule has 0 unspecified atom stereocenters. The summed E-state index contributed by atoms with van der Waals surface area (Å²) < 4.78 is 12.4. The molecule has 4 rings (SSSR count). The number of esters is 1. The van der Waals surface area contributed by atoms with Crippen molar-refractivity contribution >= 4 is 33.2 Å². The van der Waals surface area contributed by atoms with Gasteiger partial charge in [-0.3, -0.25) is 0 Å². The zero-order valence-corrected chi connectivity index (χ0v) is 13.9. The molecule has 7 nitrogen and oxygen atoms in total. The van der Waals surface area contributed by atoms with E-state index in [9.17, 15) is 4.79 Å². The molecule has 3 aromatic rings. The molecule has 0 radical (unpaired) electrons. The fraction of sp³-hybridized carbons (Fsp3) is 0.467. The Kier molecular flexibility index (Phi) is 3.14. The van der Waals surface area contributed by atoms with Crippen molar-refractivity contribution in [3.05, 3.63) is 22.6 Å². The largest absolute Gasteiger partial charge is 0.460 e. The number of hydrogen-bond acceptors (Lipinski definition) is 7. The minimum atomic E-state index is -0.517. The summed E-state index contributed by atoms with van der Waals surface area (Å²) in [5, 5.41) is 5.15. The van der Waals surface area contributed by atoms with Gasteiger partial charge < -0.3 is 9.47 Å². The Bertz CT molecular complexity index is 928. The number of nitrogens with zero attached hydrogens (tertiary/aromatic N) is 4. The van der Waals surface area contributed by atoms with Gasteiger partial charge in [-0.05, 0) is 26.3 Å². The Morgan fingerprint density at radius 3 is 3.13 bits per heavy atom. The van der Waals surface area contributed by atoms with Gasteiger partial charge in [-0.15, -0.1) is 16.4 Å². The van der Waals surface area contributed by atoms with Crippen molar-refractivity contribution in [2.45, 2.75) is 39.4 Å². The van der Waals surface area contributed by atoms with Gasteiger partial charge >= 0.3 is 5.97 Å². The molecule has 0 bridgehead atoms. The number of rotatable bonds is 2. The van der Waals surface area contributed by atoms with Crippen LogP contribution in [0, 0.1) is 0 Å². The smallest absolute Gasteiger partial charge is 0.378 e. The summed E-state index contributed by atoms with van der Waals surface area (Å²) in [5.41, 5.74) is 1.62. The Balaban J connectivity index is 1.94. The molecule has 0 fully saturated rings. The van der Waals surface area contributed by atoms with Crippen LogP contribution in [-0.2, 0) is 22.5 Å². The highest BCUT2D eigenvalue weighted by molar-refractivity contribution is 7.19. The van der Waals surface area contributed by atoms with E-state index < -0.39 is 5.97 Å². The monoisotopic (exact) mass is 332 g/mol. The summed E-state index contributed by atoms with van der Waals surface area (Å²) in [7, 11) is 0. The van der Waals surface area contributed by atoms with Crippen molar-refractivity contribution in [1.29, 1.82) is 0 Å². The minimum absolute atomic E-state index is 0.0624. The highest BCUT2D eigenvalue weighted by Crippen LogP contribution is 2.39. The lowest BCUT2D eigenvalue weighted by molar-refractivity contribution is -0.0379. The van der Waals surface area contributed by atoms with E-state index in [1.807, 2.05) is 0 Å². The molecule has 0 amide bonds. The summed E-state index contributed by atoms with van der Waals surface area (Å²) >= 11 is 1.61. The van der Waals surface area contributed by atoms with Gasteiger partial charge in [0.15, 0.2) is 5.65 Å². The van der Waals surface area contributed by atoms with Crippen LogP contribution in [0.1, 0.15) is 41.8 Å².